The van der Waals surface area contributed by atoms with Crippen LogP contribution in [0.2, 0.25) is 5.02 Å². The number of aromatic amines is 1. The minimum Gasteiger partial charge on any atom is -0.341 e. The topological polar surface area (TPSA) is 66.5 Å². The predicted octanol–water partition coefficient (Wildman–Crippen LogP) is 6.71. The van der Waals surface area contributed by atoms with Crippen LogP contribution in [0.25, 0.3) is 22.3 Å². The summed E-state index contributed by atoms with van der Waals surface area (Å²) in [4.78, 5) is 17.5. The Bertz CT molecular complexity index is 1290. The van der Waals surface area contributed by atoms with Crippen LogP contribution in [0.3, 0.4) is 0 Å². The molecule has 0 fully saturated rings. The minimum atomic E-state index is 0.646. The maximum absolute atomic E-state index is 6.01. The highest BCUT2D eigenvalue weighted by atomic mass is 35.5. The summed E-state index contributed by atoms with van der Waals surface area (Å²) in [6.45, 7) is 0. The Hall–Kier alpha value is -3.35. The number of H-pyrrole nitrogens is 1. The molecule has 31 heavy (non-hydrogen) atoms. The van der Waals surface area contributed by atoms with Crippen LogP contribution in [0.15, 0.2) is 90.1 Å². The quantitative estimate of drug-likeness (QED) is 0.225. The van der Waals surface area contributed by atoms with Crippen molar-refractivity contribution >= 4 is 45.9 Å². The van der Waals surface area contributed by atoms with Crippen molar-refractivity contribution in [1.82, 2.24) is 19.9 Å². The van der Waals surface area contributed by atoms with Crippen molar-refractivity contribution in [2.75, 3.05) is 5.32 Å². The van der Waals surface area contributed by atoms with E-state index in [1.807, 2.05) is 84.9 Å². The molecule has 0 aliphatic carbocycles. The molecular weight excluding hydrogens is 426 g/mol. The summed E-state index contributed by atoms with van der Waals surface area (Å²) in [7, 11) is 0. The van der Waals surface area contributed by atoms with Gasteiger partial charge in [-0.1, -0.05) is 65.8 Å². The number of fused-ring (bicyclic) bond motifs is 1. The monoisotopic (exact) mass is 443 g/mol. The van der Waals surface area contributed by atoms with Gasteiger partial charge >= 0.3 is 0 Å². The van der Waals surface area contributed by atoms with E-state index in [1.165, 1.54) is 0 Å². The van der Waals surface area contributed by atoms with E-state index < -0.39 is 0 Å². The van der Waals surface area contributed by atoms with Crippen LogP contribution in [0.5, 0.6) is 0 Å². The number of hydrogen-bond acceptors (Lipinski definition) is 5. The molecule has 7 heteroatoms. The number of thioether (sulfide) groups is 1. The number of nitrogens with zero attached hydrogens (tertiary/aromatic N) is 3. The van der Waals surface area contributed by atoms with Gasteiger partial charge in [0.2, 0.25) is 0 Å². The van der Waals surface area contributed by atoms with E-state index in [9.17, 15) is 0 Å². The van der Waals surface area contributed by atoms with Gasteiger partial charge in [-0.15, -0.1) is 0 Å². The van der Waals surface area contributed by atoms with Crippen LogP contribution in [0, 0.1) is 0 Å². The molecular formula is C24H18ClN5S. The van der Waals surface area contributed by atoms with Gasteiger partial charge < -0.3 is 10.3 Å². The van der Waals surface area contributed by atoms with E-state index in [0.29, 0.717) is 15.9 Å². The highest BCUT2D eigenvalue weighted by Crippen LogP contribution is 2.27. The number of imidazole rings is 1. The molecule has 0 saturated carbocycles. The number of aromatic nitrogens is 4. The van der Waals surface area contributed by atoms with E-state index in [4.69, 9.17) is 21.6 Å². The van der Waals surface area contributed by atoms with Crippen LogP contribution in [0.1, 0.15) is 5.82 Å². The SMILES string of the molecule is Clc1ccc(Nc2cc(-c3ccccc3)nc(SCc3nc4ccccc4[nH]3)n2)cc1. The Labute approximate surface area is 188 Å². The summed E-state index contributed by atoms with van der Waals surface area (Å²) in [6, 6.07) is 27.6. The molecule has 5 aromatic rings. The third-order valence-electron chi connectivity index (χ3n) is 4.67. The largest absolute Gasteiger partial charge is 0.341 e. The number of halogens is 1. The molecule has 0 saturated heterocycles. The molecule has 152 valence electrons. The van der Waals surface area contributed by atoms with E-state index >= 15 is 0 Å². The van der Waals surface area contributed by atoms with Crippen molar-refractivity contribution in [1.29, 1.82) is 0 Å². The van der Waals surface area contributed by atoms with Gasteiger partial charge in [0.25, 0.3) is 0 Å². The fraction of sp³-hybridized carbons (Fsp3) is 0.0417. The smallest absolute Gasteiger partial charge is 0.190 e. The normalized spacial score (nSPS) is 11.0. The molecule has 0 bridgehead atoms. The van der Waals surface area contributed by atoms with Crippen molar-refractivity contribution < 1.29 is 0 Å². The summed E-state index contributed by atoms with van der Waals surface area (Å²) in [5.74, 6) is 2.27. The Morgan fingerprint density at radius 3 is 2.42 bits per heavy atom. The van der Waals surface area contributed by atoms with Crippen molar-refractivity contribution in [3.8, 4) is 11.3 Å². The third kappa shape index (κ3) is 4.71. The third-order valence-corrected chi connectivity index (χ3v) is 5.78. The second-order valence-corrected chi connectivity index (χ2v) is 8.29. The van der Waals surface area contributed by atoms with E-state index in [-0.39, 0.29) is 0 Å². The maximum atomic E-state index is 6.01. The number of anilines is 2. The first-order chi connectivity index (χ1) is 15.2. The van der Waals surface area contributed by atoms with Gasteiger partial charge in [-0.2, -0.15) is 0 Å². The summed E-state index contributed by atoms with van der Waals surface area (Å²) >= 11 is 7.56. The van der Waals surface area contributed by atoms with E-state index in [1.54, 1.807) is 11.8 Å². The van der Waals surface area contributed by atoms with Gasteiger partial charge in [0.15, 0.2) is 5.16 Å². The van der Waals surface area contributed by atoms with Gasteiger partial charge in [0.05, 0.1) is 22.5 Å². The lowest BCUT2D eigenvalue weighted by molar-refractivity contribution is 0.973. The molecule has 0 radical (unpaired) electrons. The van der Waals surface area contributed by atoms with Crippen LogP contribution < -0.4 is 5.32 Å². The Morgan fingerprint density at radius 2 is 1.61 bits per heavy atom. The average molecular weight is 444 g/mol. The Morgan fingerprint density at radius 1 is 0.839 bits per heavy atom. The lowest BCUT2D eigenvalue weighted by atomic mass is 10.1. The minimum absolute atomic E-state index is 0.646. The summed E-state index contributed by atoms with van der Waals surface area (Å²) in [5, 5.41) is 4.73. The Kier molecular flexibility index (Phi) is 5.56. The molecule has 5 nitrogen and oxygen atoms in total. The number of rotatable bonds is 6. The molecule has 0 aliphatic rings. The molecule has 0 spiro atoms. The molecule has 0 unspecified atom stereocenters. The molecule has 2 aromatic heterocycles. The fourth-order valence-electron chi connectivity index (χ4n) is 3.20. The average Bonchev–Trinajstić information content (AvgIpc) is 3.23. The van der Waals surface area contributed by atoms with Crippen molar-refractivity contribution in [3.63, 3.8) is 0 Å². The number of nitrogens with one attached hydrogen (secondary N) is 2. The lowest BCUT2D eigenvalue weighted by Gasteiger charge is -2.10. The Balaban J connectivity index is 1.44. The highest BCUT2D eigenvalue weighted by Gasteiger charge is 2.10. The van der Waals surface area contributed by atoms with Crippen LogP contribution in [-0.4, -0.2) is 19.9 Å². The molecule has 3 aromatic carbocycles. The zero-order valence-corrected chi connectivity index (χ0v) is 18.0. The van der Waals surface area contributed by atoms with Gasteiger partial charge in [-0.05, 0) is 36.4 Å². The van der Waals surface area contributed by atoms with Crippen LogP contribution in [0.4, 0.5) is 11.5 Å². The zero-order valence-electron chi connectivity index (χ0n) is 16.4. The second kappa shape index (κ2) is 8.79. The van der Waals surface area contributed by atoms with Gasteiger partial charge in [-0.25, -0.2) is 15.0 Å². The first-order valence-corrected chi connectivity index (χ1v) is 11.1. The van der Waals surface area contributed by atoms with Crippen molar-refractivity contribution in [3.05, 3.63) is 95.8 Å². The number of benzene rings is 3. The maximum Gasteiger partial charge on any atom is 0.190 e. The number of hydrogen-bond donors (Lipinski definition) is 2. The summed E-state index contributed by atoms with van der Waals surface area (Å²) < 4.78 is 0. The first-order valence-electron chi connectivity index (χ1n) is 9.76. The van der Waals surface area contributed by atoms with Crippen molar-refractivity contribution in [2.24, 2.45) is 0 Å². The van der Waals surface area contributed by atoms with Crippen LogP contribution >= 0.6 is 23.4 Å². The second-order valence-electron chi connectivity index (χ2n) is 6.91. The van der Waals surface area contributed by atoms with Crippen molar-refractivity contribution in [2.45, 2.75) is 10.9 Å². The van der Waals surface area contributed by atoms with E-state index in [2.05, 4.69) is 15.3 Å². The first kappa shape index (κ1) is 19.6. The lowest BCUT2D eigenvalue weighted by Crippen LogP contribution is -1.99. The fourth-order valence-corrected chi connectivity index (χ4v) is 4.05. The molecule has 2 heterocycles. The molecule has 5 rings (SSSR count). The van der Waals surface area contributed by atoms with Gasteiger partial charge in [0.1, 0.15) is 11.6 Å². The molecule has 0 atom stereocenters. The summed E-state index contributed by atoms with van der Waals surface area (Å²) in [6.07, 6.45) is 0. The zero-order chi connectivity index (χ0) is 21.0. The molecule has 2 N–H and O–H groups in total. The number of para-hydroxylation sites is 2. The summed E-state index contributed by atoms with van der Waals surface area (Å²) in [5.41, 5.74) is 4.80. The molecule has 0 aliphatic heterocycles. The van der Waals surface area contributed by atoms with Gasteiger partial charge in [0, 0.05) is 22.3 Å². The highest BCUT2D eigenvalue weighted by molar-refractivity contribution is 7.98. The molecule has 0 amide bonds. The van der Waals surface area contributed by atoms with Gasteiger partial charge in [-0.3, -0.25) is 0 Å². The standard InChI is InChI=1S/C24H18ClN5S/c25-17-10-12-18(13-11-17)26-22-14-21(16-6-2-1-3-7-16)29-24(30-22)31-15-23-27-19-8-4-5-9-20(19)28-23/h1-14H,15H2,(H,27,28)(H,26,29,30). The predicted molar refractivity (Wildman–Crippen MR) is 128 cm³/mol. The van der Waals surface area contributed by atoms with Crippen LogP contribution in [-0.2, 0) is 5.75 Å². The van der Waals surface area contributed by atoms with E-state index in [0.717, 1.165) is 39.6 Å².